The molecule has 1 heterocycles. The van der Waals surface area contributed by atoms with E-state index in [0.29, 0.717) is 12.5 Å². The van der Waals surface area contributed by atoms with Crippen LogP contribution in [0, 0.1) is 11.8 Å². The van der Waals surface area contributed by atoms with E-state index in [4.69, 9.17) is 5.11 Å². The standard InChI is InChI=1S/C15H23N3O3/c1-11(2)6-13(7-15(20)21)8-16-14(19)5-4-12-9-17-18(3)10-12/h4-5,9-11,13H,6-8H2,1-3H3,(H,16,19)(H,20,21)/t13-/m0/s1. The molecule has 0 aliphatic rings. The first-order valence-corrected chi connectivity index (χ1v) is 7.03. The Morgan fingerprint density at radius 1 is 1.48 bits per heavy atom. The van der Waals surface area contributed by atoms with Crippen LogP contribution in [0.25, 0.3) is 6.08 Å². The van der Waals surface area contributed by atoms with Gasteiger partial charge < -0.3 is 10.4 Å². The smallest absolute Gasteiger partial charge is 0.303 e. The maximum absolute atomic E-state index is 11.7. The van der Waals surface area contributed by atoms with Gasteiger partial charge in [0.25, 0.3) is 0 Å². The first kappa shape index (κ1) is 16.9. The predicted molar refractivity (Wildman–Crippen MR) is 80.4 cm³/mol. The van der Waals surface area contributed by atoms with Crippen molar-refractivity contribution in [2.24, 2.45) is 18.9 Å². The van der Waals surface area contributed by atoms with E-state index in [0.717, 1.165) is 12.0 Å². The molecule has 2 N–H and O–H groups in total. The summed E-state index contributed by atoms with van der Waals surface area (Å²) in [6.45, 7) is 4.46. The van der Waals surface area contributed by atoms with Crippen molar-refractivity contribution in [2.45, 2.75) is 26.7 Å². The average molecular weight is 293 g/mol. The second-order valence-corrected chi connectivity index (χ2v) is 5.62. The molecule has 6 nitrogen and oxygen atoms in total. The normalized spacial score (nSPS) is 12.8. The van der Waals surface area contributed by atoms with Gasteiger partial charge in [0.15, 0.2) is 0 Å². The Morgan fingerprint density at radius 2 is 2.19 bits per heavy atom. The number of aryl methyl sites for hydroxylation is 1. The van der Waals surface area contributed by atoms with Crippen LogP contribution < -0.4 is 5.32 Å². The first-order valence-electron chi connectivity index (χ1n) is 7.03. The molecule has 1 amide bonds. The average Bonchev–Trinajstić information content (AvgIpc) is 2.78. The molecule has 1 aromatic rings. The Hall–Kier alpha value is -2.11. The Labute approximate surface area is 124 Å². The third kappa shape index (κ3) is 7.29. The molecular weight excluding hydrogens is 270 g/mol. The number of rotatable bonds is 8. The second-order valence-electron chi connectivity index (χ2n) is 5.62. The van der Waals surface area contributed by atoms with E-state index in [2.05, 4.69) is 10.4 Å². The molecule has 0 bridgehead atoms. The second kappa shape index (κ2) is 8.24. The monoisotopic (exact) mass is 293 g/mol. The minimum atomic E-state index is -0.833. The number of hydrogen-bond donors (Lipinski definition) is 2. The van der Waals surface area contributed by atoms with Crippen molar-refractivity contribution < 1.29 is 14.7 Å². The molecule has 6 heteroatoms. The minimum absolute atomic E-state index is 0.0433. The maximum atomic E-state index is 11.7. The number of aromatic nitrogens is 2. The predicted octanol–water partition coefficient (Wildman–Crippen LogP) is 1.69. The molecule has 0 radical (unpaired) electrons. The number of carboxylic acids is 1. The lowest BCUT2D eigenvalue weighted by Gasteiger charge is -2.17. The molecule has 0 saturated carbocycles. The lowest BCUT2D eigenvalue weighted by Crippen LogP contribution is -2.29. The fourth-order valence-electron chi connectivity index (χ4n) is 2.15. The number of nitrogens with zero attached hydrogens (tertiary/aromatic N) is 2. The number of amides is 1. The van der Waals surface area contributed by atoms with E-state index in [1.54, 1.807) is 30.2 Å². The van der Waals surface area contributed by atoms with Crippen molar-refractivity contribution in [3.8, 4) is 0 Å². The summed E-state index contributed by atoms with van der Waals surface area (Å²) in [5.41, 5.74) is 0.844. The SMILES string of the molecule is CC(C)C[C@H](CNC(=O)C=Cc1cnn(C)c1)CC(=O)O. The van der Waals surface area contributed by atoms with Gasteiger partial charge >= 0.3 is 5.97 Å². The number of aliphatic carboxylic acids is 1. The first-order chi connectivity index (χ1) is 9.86. The van der Waals surface area contributed by atoms with Crippen molar-refractivity contribution in [3.05, 3.63) is 24.0 Å². The van der Waals surface area contributed by atoms with Crippen LogP contribution in [0.1, 0.15) is 32.3 Å². The lowest BCUT2D eigenvalue weighted by molar-refractivity contribution is -0.138. The molecular formula is C15H23N3O3. The Morgan fingerprint density at radius 3 is 2.71 bits per heavy atom. The number of hydrogen-bond acceptors (Lipinski definition) is 3. The number of carbonyl (C=O) groups is 2. The van der Waals surface area contributed by atoms with Crippen LogP contribution in [-0.2, 0) is 16.6 Å². The van der Waals surface area contributed by atoms with Gasteiger partial charge in [0.2, 0.25) is 5.91 Å². The summed E-state index contributed by atoms with van der Waals surface area (Å²) in [5.74, 6) is -0.700. The van der Waals surface area contributed by atoms with E-state index in [1.165, 1.54) is 6.08 Å². The quantitative estimate of drug-likeness (QED) is 0.714. The molecule has 1 rings (SSSR count). The third-order valence-electron chi connectivity index (χ3n) is 2.99. The highest BCUT2D eigenvalue weighted by molar-refractivity contribution is 5.91. The fraction of sp³-hybridized carbons (Fsp3) is 0.533. The molecule has 1 aromatic heterocycles. The number of nitrogens with one attached hydrogen (secondary N) is 1. The highest BCUT2D eigenvalue weighted by Gasteiger charge is 2.15. The minimum Gasteiger partial charge on any atom is -0.481 e. The molecule has 0 unspecified atom stereocenters. The molecule has 1 atom stereocenters. The highest BCUT2D eigenvalue weighted by Crippen LogP contribution is 2.14. The van der Waals surface area contributed by atoms with Crippen LogP contribution in [0.3, 0.4) is 0 Å². The topological polar surface area (TPSA) is 84.2 Å². The van der Waals surface area contributed by atoms with Gasteiger partial charge in [-0.3, -0.25) is 14.3 Å². The van der Waals surface area contributed by atoms with E-state index in [-0.39, 0.29) is 18.2 Å². The van der Waals surface area contributed by atoms with Gasteiger partial charge in [-0.25, -0.2) is 0 Å². The zero-order valence-corrected chi connectivity index (χ0v) is 12.7. The molecule has 0 aromatic carbocycles. The molecule has 21 heavy (non-hydrogen) atoms. The molecule has 116 valence electrons. The summed E-state index contributed by atoms with van der Waals surface area (Å²) in [6.07, 6.45) is 7.43. The largest absolute Gasteiger partial charge is 0.481 e. The molecule has 0 saturated heterocycles. The summed E-state index contributed by atoms with van der Waals surface area (Å²) >= 11 is 0. The van der Waals surface area contributed by atoms with Gasteiger partial charge in [-0.05, 0) is 24.3 Å². The number of carbonyl (C=O) groups excluding carboxylic acids is 1. The molecule has 0 spiro atoms. The third-order valence-corrected chi connectivity index (χ3v) is 2.99. The Bertz CT molecular complexity index is 506. The van der Waals surface area contributed by atoms with Crippen molar-refractivity contribution >= 4 is 18.0 Å². The van der Waals surface area contributed by atoms with Crippen molar-refractivity contribution in [1.82, 2.24) is 15.1 Å². The van der Waals surface area contributed by atoms with Crippen LogP contribution in [0.5, 0.6) is 0 Å². The summed E-state index contributed by atoms with van der Waals surface area (Å²) in [5, 5.41) is 15.6. The Kier molecular flexibility index (Phi) is 6.65. The summed E-state index contributed by atoms with van der Waals surface area (Å²) in [7, 11) is 1.81. The van der Waals surface area contributed by atoms with Crippen LogP contribution in [0.4, 0.5) is 0 Å². The van der Waals surface area contributed by atoms with Gasteiger partial charge in [0.05, 0.1) is 6.20 Å². The number of carboxylic acid groups (broad SMARTS) is 1. The van der Waals surface area contributed by atoms with Crippen LogP contribution in [0.2, 0.25) is 0 Å². The van der Waals surface area contributed by atoms with Crippen molar-refractivity contribution in [2.75, 3.05) is 6.54 Å². The lowest BCUT2D eigenvalue weighted by atomic mass is 9.94. The van der Waals surface area contributed by atoms with Gasteiger partial charge in [-0.1, -0.05) is 13.8 Å². The molecule has 0 aliphatic heterocycles. The summed E-state index contributed by atoms with van der Waals surface area (Å²) < 4.78 is 1.66. The van der Waals surface area contributed by atoms with Gasteiger partial charge in [-0.2, -0.15) is 5.10 Å². The van der Waals surface area contributed by atoms with Crippen LogP contribution >= 0.6 is 0 Å². The fourth-order valence-corrected chi connectivity index (χ4v) is 2.15. The van der Waals surface area contributed by atoms with Gasteiger partial charge in [-0.15, -0.1) is 0 Å². The van der Waals surface area contributed by atoms with Crippen LogP contribution in [0.15, 0.2) is 18.5 Å². The van der Waals surface area contributed by atoms with E-state index in [9.17, 15) is 9.59 Å². The van der Waals surface area contributed by atoms with E-state index >= 15 is 0 Å². The zero-order chi connectivity index (χ0) is 15.8. The van der Waals surface area contributed by atoms with Gasteiger partial charge in [0.1, 0.15) is 0 Å². The maximum Gasteiger partial charge on any atom is 0.303 e. The Balaban J connectivity index is 2.45. The molecule has 0 aliphatic carbocycles. The molecule has 0 fully saturated rings. The van der Waals surface area contributed by atoms with Crippen molar-refractivity contribution in [1.29, 1.82) is 0 Å². The summed E-state index contributed by atoms with van der Waals surface area (Å²) in [4.78, 5) is 22.5. The van der Waals surface area contributed by atoms with Crippen molar-refractivity contribution in [3.63, 3.8) is 0 Å². The van der Waals surface area contributed by atoms with Gasteiger partial charge in [0, 0.05) is 37.8 Å². The highest BCUT2D eigenvalue weighted by atomic mass is 16.4. The zero-order valence-electron chi connectivity index (χ0n) is 12.7. The van der Waals surface area contributed by atoms with E-state index in [1.807, 2.05) is 13.8 Å². The summed E-state index contributed by atoms with van der Waals surface area (Å²) in [6, 6.07) is 0. The van der Waals surface area contributed by atoms with E-state index < -0.39 is 5.97 Å². The van der Waals surface area contributed by atoms with Crippen LogP contribution in [-0.4, -0.2) is 33.3 Å².